The molecular weight excluding hydrogens is 514 g/mol. The van der Waals surface area contributed by atoms with Crippen molar-refractivity contribution in [1.82, 2.24) is 4.98 Å². The SMILES string of the molecule is CCCCCCOc1cc(C(N)=O)cc(C(=O)N(c2ccccn2)[C@@H](C)c2ccc(C(=O)c3ccccc3)cc2)c1. The van der Waals surface area contributed by atoms with Crippen molar-refractivity contribution in [3.8, 4) is 5.75 Å². The number of pyridine rings is 1. The van der Waals surface area contributed by atoms with Gasteiger partial charge in [0.2, 0.25) is 5.91 Å². The number of hydrogen-bond acceptors (Lipinski definition) is 5. The Labute approximate surface area is 241 Å². The Balaban J connectivity index is 1.64. The maximum absolute atomic E-state index is 14.1. The van der Waals surface area contributed by atoms with Gasteiger partial charge in [-0.3, -0.25) is 19.3 Å². The van der Waals surface area contributed by atoms with Gasteiger partial charge < -0.3 is 10.5 Å². The lowest BCUT2D eigenvalue weighted by molar-refractivity contribution is 0.0975. The van der Waals surface area contributed by atoms with Crippen molar-refractivity contribution in [3.05, 3.63) is 125 Å². The van der Waals surface area contributed by atoms with Crippen molar-refractivity contribution >= 4 is 23.4 Å². The molecule has 3 aromatic carbocycles. The first-order valence-corrected chi connectivity index (χ1v) is 13.9. The first-order valence-electron chi connectivity index (χ1n) is 13.9. The average molecular weight is 550 g/mol. The molecule has 0 aliphatic rings. The van der Waals surface area contributed by atoms with E-state index >= 15 is 0 Å². The molecular formula is C34H35N3O4. The lowest BCUT2D eigenvalue weighted by Crippen LogP contribution is -2.34. The van der Waals surface area contributed by atoms with E-state index in [2.05, 4.69) is 11.9 Å². The third-order valence-electron chi connectivity index (χ3n) is 6.90. The van der Waals surface area contributed by atoms with E-state index in [0.29, 0.717) is 29.3 Å². The normalized spacial score (nSPS) is 11.5. The molecule has 4 aromatic rings. The summed E-state index contributed by atoms with van der Waals surface area (Å²) in [5.74, 6) is -0.224. The molecule has 0 saturated heterocycles. The molecule has 1 heterocycles. The number of nitrogens with zero attached hydrogens (tertiary/aromatic N) is 2. The van der Waals surface area contributed by atoms with Crippen molar-refractivity contribution in [2.75, 3.05) is 11.5 Å². The van der Waals surface area contributed by atoms with Crippen LogP contribution in [0.3, 0.4) is 0 Å². The molecule has 0 unspecified atom stereocenters. The van der Waals surface area contributed by atoms with Crippen LogP contribution in [-0.2, 0) is 0 Å². The first kappa shape index (κ1) is 29.2. The van der Waals surface area contributed by atoms with Crippen molar-refractivity contribution in [2.45, 2.75) is 45.6 Å². The predicted molar refractivity (Wildman–Crippen MR) is 160 cm³/mol. The van der Waals surface area contributed by atoms with Crippen LogP contribution in [0.15, 0.2) is 97.2 Å². The minimum absolute atomic E-state index is 0.0760. The molecule has 0 fully saturated rings. The molecule has 7 nitrogen and oxygen atoms in total. The van der Waals surface area contributed by atoms with Gasteiger partial charge in [-0.05, 0) is 49.2 Å². The van der Waals surface area contributed by atoms with Crippen LogP contribution in [0.1, 0.15) is 87.8 Å². The molecule has 1 atom stereocenters. The largest absolute Gasteiger partial charge is 0.494 e. The number of ketones is 1. The molecule has 1 aromatic heterocycles. The lowest BCUT2D eigenvalue weighted by atomic mass is 9.99. The van der Waals surface area contributed by atoms with Gasteiger partial charge in [0.05, 0.1) is 12.6 Å². The van der Waals surface area contributed by atoms with Gasteiger partial charge in [-0.15, -0.1) is 0 Å². The highest BCUT2D eigenvalue weighted by Gasteiger charge is 2.27. The summed E-state index contributed by atoms with van der Waals surface area (Å²) >= 11 is 0. The third-order valence-corrected chi connectivity index (χ3v) is 6.90. The van der Waals surface area contributed by atoms with Crippen LogP contribution in [-0.4, -0.2) is 29.2 Å². The van der Waals surface area contributed by atoms with Gasteiger partial charge in [0.1, 0.15) is 11.6 Å². The third kappa shape index (κ3) is 7.45. The highest BCUT2D eigenvalue weighted by molar-refractivity contribution is 6.09. The lowest BCUT2D eigenvalue weighted by Gasteiger charge is -2.29. The predicted octanol–water partition coefficient (Wildman–Crippen LogP) is 6.78. The van der Waals surface area contributed by atoms with Crippen LogP contribution in [0.25, 0.3) is 0 Å². The van der Waals surface area contributed by atoms with E-state index in [9.17, 15) is 14.4 Å². The summed E-state index contributed by atoms with van der Waals surface area (Å²) in [5.41, 5.74) is 8.03. The smallest absolute Gasteiger partial charge is 0.260 e. The monoisotopic (exact) mass is 549 g/mol. The van der Waals surface area contributed by atoms with Gasteiger partial charge in [0, 0.05) is 28.5 Å². The van der Waals surface area contributed by atoms with Crippen molar-refractivity contribution in [3.63, 3.8) is 0 Å². The van der Waals surface area contributed by atoms with Gasteiger partial charge in [-0.2, -0.15) is 0 Å². The fourth-order valence-electron chi connectivity index (χ4n) is 4.60. The number of aromatic nitrogens is 1. The Hall–Kier alpha value is -4.78. The zero-order chi connectivity index (χ0) is 29.2. The summed E-state index contributed by atoms with van der Waals surface area (Å²) in [5, 5.41) is 0. The Morgan fingerprint density at radius 1 is 0.805 bits per heavy atom. The van der Waals surface area contributed by atoms with E-state index in [0.717, 1.165) is 31.2 Å². The molecule has 0 aliphatic carbocycles. The number of anilines is 1. The van der Waals surface area contributed by atoms with E-state index < -0.39 is 11.9 Å². The standard InChI is InChI=1S/C34H35N3O4/c1-3-4-5-11-20-41-30-22-28(33(35)39)21-29(23-30)34(40)37(31-14-9-10-19-36-31)24(2)25-15-17-27(18-16-25)32(38)26-12-7-6-8-13-26/h6-10,12-19,21-24H,3-5,11,20H2,1-2H3,(H2,35,39)/t24-/m0/s1. The molecule has 2 amide bonds. The number of rotatable bonds is 13. The zero-order valence-corrected chi connectivity index (χ0v) is 23.5. The van der Waals surface area contributed by atoms with E-state index in [-0.39, 0.29) is 22.8 Å². The minimum Gasteiger partial charge on any atom is -0.494 e. The Morgan fingerprint density at radius 2 is 1.49 bits per heavy atom. The highest BCUT2D eigenvalue weighted by atomic mass is 16.5. The molecule has 0 saturated carbocycles. The minimum atomic E-state index is -0.647. The first-order chi connectivity index (χ1) is 19.9. The van der Waals surface area contributed by atoms with Crippen LogP contribution < -0.4 is 15.4 Å². The highest BCUT2D eigenvalue weighted by Crippen LogP contribution is 2.29. The molecule has 7 heteroatoms. The topological polar surface area (TPSA) is 103 Å². The summed E-state index contributed by atoms with van der Waals surface area (Å²) in [6.07, 6.45) is 5.76. The van der Waals surface area contributed by atoms with Crippen molar-refractivity contribution in [2.24, 2.45) is 5.73 Å². The summed E-state index contributed by atoms with van der Waals surface area (Å²) in [7, 11) is 0. The fraction of sp³-hybridized carbons (Fsp3) is 0.235. The number of primary amides is 1. The second kappa shape index (κ2) is 14.0. The van der Waals surface area contributed by atoms with Crippen molar-refractivity contribution < 1.29 is 19.1 Å². The van der Waals surface area contributed by atoms with Crippen LogP contribution in [0, 0.1) is 0 Å². The number of carbonyl (C=O) groups excluding carboxylic acids is 3. The number of carbonyl (C=O) groups is 3. The van der Waals surface area contributed by atoms with Crippen LogP contribution in [0.2, 0.25) is 0 Å². The molecule has 210 valence electrons. The molecule has 0 aliphatic heterocycles. The van der Waals surface area contributed by atoms with Crippen LogP contribution in [0.4, 0.5) is 5.82 Å². The second-order valence-corrected chi connectivity index (χ2v) is 9.88. The maximum atomic E-state index is 14.1. The van der Waals surface area contributed by atoms with Gasteiger partial charge in [-0.25, -0.2) is 4.98 Å². The summed E-state index contributed by atoms with van der Waals surface area (Å²) < 4.78 is 5.91. The van der Waals surface area contributed by atoms with Gasteiger partial charge in [0.15, 0.2) is 5.78 Å². The van der Waals surface area contributed by atoms with E-state index in [1.165, 1.54) is 6.07 Å². The number of amides is 2. The Morgan fingerprint density at radius 3 is 2.15 bits per heavy atom. The van der Waals surface area contributed by atoms with E-state index in [4.69, 9.17) is 10.5 Å². The number of unbranched alkanes of at least 4 members (excludes halogenated alkanes) is 3. The van der Waals surface area contributed by atoms with Crippen molar-refractivity contribution in [1.29, 1.82) is 0 Å². The van der Waals surface area contributed by atoms with E-state index in [1.54, 1.807) is 59.6 Å². The molecule has 0 bridgehead atoms. The number of benzene rings is 3. The fourth-order valence-corrected chi connectivity index (χ4v) is 4.60. The van der Waals surface area contributed by atoms with Crippen LogP contribution >= 0.6 is 0 Å². The number of hydrogen-bond donors (Lipinski definition) is 1. The Kier molecular flexibility index (Phi) is 9.99. The molecule has 2 N–H and O–H groups in total. The van der Waals surface area contributed by atoms with Crippen LogP contribution in [0.5, 0.6) is 5.75 Å². The molecule has 0 radical (unpaired) electrons. The summed E-state index contributed by atoms with van der Waals surface area (Å²) in [4.78, 5) is 45.1. The summed E-state index contributed by atoms with van der Waals surface area (Å²) in [6.45, 7) is 4.51. The zero-order valence-electron chi connectivity index (χ0n) is 23.5. The van der Waals surface area contributed by atoms with Gasteiger partial charge >= 0.3 is 0 Å². The van der Waals surface area contributed by atoms with Gasteiger partial charge in [0.25, 0.3) is 5.91 Å². The second-order valence-electron chi connectivity index (χ2n) is 9.88. The average Bonchev–Trinajstić information content (AvgIpc) is 3.01. The molecule has 4 rings (SSSR count). The van der Waals surface area contributed by atoms with E-state index in [1.807, 2.05) is 43.3 Å². The molecule has 41 heavy (non-hydrogen) atoms. The quantitative estimate of drug-likeness (QED) is 0.146. The Bertz CT molecular complexity index is 1470. The van der Waals surface area contributed by atoms with Gasteiger partial charge in [-0.1, -0.05) is 86.8 Å². The number of ether oxygens (including phenoxy) is 1. The number of nitrogens with two attached hydrogens (primary N) is 1. The summed E-state index contributed by atoms with van der Waals surface area (Å²) in [6, 6.07) is 25.9. The maximum Gasteiger partial charge on any atom is 0.260 e. The molecule has 0 spiro atoms.